The van der Waals surface area contributed by atoms with Crippen LogP contribution in [0.3, 0.4) is 0 Å². The first kappa shape index (κ1) is 11.1. The second-order valence-electron chi connectivity index (χ2n) is 4.37. The van der Waals surface area contributed by atoms with Crippen LogP contribution in [0.1, 0.15) is 5.56 Å². The minimum absolute atomic E-state index is 1.14. The molecular formula is C12H18OSi. The van der Waals surface area contributed by atoms with Gasteiger partial charge in [-0.1, -0.05) is 50.0 Å². The van der Waals surface area contributed by atoms with Gasteiger partial charge in [-0.2, -0.15) is 0 Å². The van der Waals surface area contributed by atoms with Crippen molar-refractivity contribution in [2.24, 2.45) is 0 Å². The number of hydrogen-bond donors (Lipinski definition) is 0. The molecule has 0 amide bonds. The largest absolute Gasteiger partial charge is 0.506 e. The molecule has 1 nitrogen and oxygen atoms in total. The van der Waals surface area contributed by atoms with Crippen molar-refractivity contribution in [1.29, 1.82) is 0 Å². The Morgan fingerprint density at radius 1 is 1.14 bits per heavy atom. The molecule has 2 heteroatoms. The Hall–Kier alpha value is -1.02. The third-order valence-corrected chi connectivity index (χ3v) is 3.88. The van der Waals surface area contributed by atoms with Crippen molar-refractivity contribution in [3.05, 3.63) is 41.3 Å². The summed E-state index contributed by atoms with van der Waals surface area (Å²) in [5, 5.41) is 1.14. The van der Waals surface area contributed by atoms with Gasteiger partial charge in [0.2, 0.25) is 0 Å². The number of hydrogen-bond acceptors (Lipinski definition) is 1. The fourth-order valence-corrected chi connectivity index (χ4v) is 2.49. The molecule has 14 heavy (non-hydrogen) atoms. The van der Waals surface area contributed by atoms with Gasteiger partial charge in [0.25, 0.3) is 0 Å². The van der Waals surface area contributed by atoms with Crippen molar-refractivity contribution in [3.63, 3.8) is 0 Å². The molecule has 0 radical (unpaired) electrons. The Morgan fingerprint density at radius 3 is 2.14 bits per heavy atom. The average molecular weight is 206 g/mol. The van der Waals surface area contributed by atoms with E-state index in [0.717, 1.165) is 5.38 Å². The van der Waals surface area contributed by atoms with Crippen LogP contribution in [0.2, 0.25) is 19.6 Å². The lowest BCUT2D eigenvalue weighted by Gasteiger charge is -2.19. The molecule has 0 aliphatic rings. The fourth-order valence-electron chi connectivity index (χ4n) is 1.28. The highest BCUT2D eigenvalue weighted by Crippen LogP contribution is 2.18. The topological polar surface area (TPSA) is 9.23 Å². The van der Waals surface area contributed by atoms with Gasteiger partial charge in [-0.3, -0.25) is 0 Å². The maximum absolute atomic E-state index is 5.44. The Bertz CT molecular complexity index is 309. The second kappa shape index (κ2) is 4.47. The summed E-state index contributed by atoms with van der Waals surface area (Å²) in [7, 11) is 0.426. The van der Waals surface area contributed by atoms with Gasteiger partial charge >= 0.3 is 0 Å². The summed E-state index contributed by atoms with van der Waals surface area (Å²) in [6.07, 6.45) is 2.15. The molecule has 0 fully saturated rings. The first-order valence-corrected chi connectivity index (χ1v) is 8.35. The molecule has 0 saturated carbocycles. The SMILES string of the molecule is COC(=Cc1ccccc1)[Si](C)(C)C. The molecule has 0 bridgehead atoms. The van der Waals surface area contributed by atoms with Gasteiger partial charge in [-0.15, -0.1) is 0 Å². The Morgan fingerprint density at radius 2 is 1.71 bits per heavy atom. The third kappa shape index (κ3) is 3.03. The number of methoxy groups -OCH3 is 1. The van der Waals surface area contributed by atoms with E-state index in [0.29, 0.717) is 0 Å². The molecule has 1 aromatic carbocycles. The highest BCUT2D eigenvalue weighted by Gasteiger charge is 2.20. The van der Waals surface area contributed by atoms with Crippen LogP contribution in [0, 0.1) is 0 Å². The fraction of sp³-hybridized carbons (Fsp3) is 0.333. The quantitative estimate of drug-likeness (QED) is 0.543. The lowest BCUT2D eigenvalue weighted by atomic mass is 10.2. The number of ether oxygens (including phenoxy) is 1. The van der Waals surface area contributed by atoms with Crippen LogP contribution < -0.4 is 0 Å². The standard InChI is InChI=1S/C12H18OSi/c1-13-12(14(2,3)4)10-11-8-6-5-7-9-11/h5-10H,1-4H3. The Kier molecular flexibility index (Phi) is 3.53. The summed E-state index contributed by atoms with van der Waals surface area (Å²) in [6, 6.07) is 10.3. The average Bonchev–Trinajstić information content (AvgIpc) is 2.14. The summed E-state index contributed by atoms with van der Waals surface area (Å²) in [4.78, 5) is 0. The lowest BCUT2D eigenvalue weighted by molar-refractivity contribution is 0.319. The van der Waals surface area contributed by atoms with Crippen LogP contribution in [-0.2, 0) is 4.74 Å². The van der Waals surface area contributed by atoms with E-state index in [2.05, 4.69) is 37.8 Å². The van der Waals surface area contributed by atoms with Gasteiger partial charge in [0.05, 0.1) is 12.5 Å². The summed E-state index contributed by atoms with van der Waals surface area (Å²) in [6.45, 7) is 6.85. The minimum Gasteiger partial charge on any atom is -0.506 e. The summed E-state index contributed by atoms with van der Waals surface area (Å²) in [5.41, 5.74) is 1.21. The maximum atomic E-state index is 5.44. The number of rotatable bonds is 3. The summed E-state index contributed by atoms with van der Waals surface area (Å²) >= 11 is 0. The van der Waals surface area contributed by atoms with Crippen molar-refractivity contribution >= 4 is 14.1 Å². The highest BCUT2D eigenvalue weighted by molar-refractivity contribution is 6.83. The zero-order chi connectivity index (χ0) is 10.6. The van der Waals surface area contributed by atoms with Crippen LogP contribution >= 0.6 is 0 Å². The van der Waals surface area contributed by atoms with Gasteiger partial charge in [-0.25, -0.2) is 0 Å². The van der Waals surface area contributed by atoms with E-state index in [1.165, 1.54) is 5.56 Å². The van der Waals surface area contributed by atoms with Crippen molar-refractivity contribution in [2.45, 2.75) is 19.6 Å². The van der Waals surface area contributed by atoms with E-state index in [4.69, 9.17) is 4.74 Å². The van der Waals surface area contributed by atoms with Gasteiger partial charge in [0.1, 0.15) is 8.07 Å². The minimum atomic E-state index is -1.33. The molecule has 76 valence electrons. The lowest BCUT2D eigenvalue weighted by Crippen LogP contribution is -2.24. The molecule has 0 spiro atoms. The van der Waals surface area contributed by atoms with Crippen LogP contribution in [0.5, 0.6) is 0 Å². The van der Waals surface area contributed by atoms with Gasteiger partial charge < -0.3 is 4.74 Å². The molecule has 0 N–H and O–H groups in total. The predicted octanol–water partition coefficient (Wildman–Crippen LogP) is 3.55. The second-order valence-corrected chi connectivity index (χ2v) is 9.37. The molecule has 0 aliphatic heterocycles. The number of benzene rings is 1. The van der Waals surface area contributed by atoms with Crippen LogP contribution in [-0.4, -0.2) is 15.2 Å². The first-order valence-electron chi connectivity index (χ1n) is 4.85. The third-order valence-electron chi connectivity index (χ3n) is 2.06. The molecule has 0 aromatic heterocycles. The van der Waals surface area contributed by atoms with Gasteiger partial charge in [0.15, 0.2) is 0 Å². The summed E-state index contributed by atoms with van der Waals surface area (Å²) in [5.74, 6) is 0. The zero-order valence-corrected chi connectivity index (χ0v) is 10.4. The van der Waals surface area contributed by atoms with Crippen LogP contribution in [0.4, 0.5) is 0 Å². The molecule has 1 rings (SSSR count). The maximum Gasteiger partial charge on any atom is 0.122 e. The Labute approximate surface area is 87.4 Å². The van der Waals surface area contributed by atoms with E-state index in [1.54, 1.807) is 7.11 Å². The molecule has 0 atom stereocenters. The van der Waals surface area contributed by atoms with E-state index >= 15 is 0 Å². The molecule has 1 aromatic rings. The summed E-state index contributed by atoms with van der Waals surface area (Å²) < 4.78 is 5.44. The zero-order valence-electron chi connectivity index (χ0n) is 9.37. The molecule has 0 unspecified atom stereocenters. The van der Waals surface area contributed by atoms with Gasteiger partial charge in [0, 0.05) is 0 Å². The highest BCUT2D eigenvalue weighted by atomic mass is 28.3. The van der Waals surface area contributed by atoms with E-state index in [-0.39, 0.29) is 0 Å². The van der Waals surface area contributed by atoms with Crippen LogP contribution in [0.15, 0.2) is 35.7 Å². The van der Waals surface area contributed by atoms with E-state index < -0.39 is 8.07 Å². The Balaban J connectivity index is 2.96. The van der Waals surface area contributed by atoms with Crippen molar-refractivity contribution in [3.8, 4) is 0 Å². The van der Waals surface area contributed by atoms with Crippen LogP contribution in [0.25, 0.3) is 6.08 Å². The normalized spacial score (nSPS) is 12.7. The van der Waals surface area contributed by atoms with E-state index in [1.807, 2.05) is 18.2 Å². The molecule has 0 saturated heterocycles. The smallest absolute Gasteiger partial charge is 0.122 e. The van der Waals surface area contributed by atoms with Crippen molar-refractivity contribution < 1.29 is 4.74 Å². The molecular weight excluding hydrogens is 188 g/mol. The van der Waals surface area contributed by atoms with Crippen molar-refractivity contribution in [1.82, 2.24) is 0 Å². The monoisotopic (exact) mass is 206 g/mol. The molecule has 0 aliphatic carbocycles. The van der Waals surface area contributed by atoms with Gasteiger partial charge in [-0.05, 0) is 11.6 Å². The predicted molar refractivity (Wildman–Crippen MR) is 64.8 cm³/mol. The molecule has 0 heterocycles. The first-order chi connectivity index (χ1) is 6.54. The van der Waals surface area contributed by atoms with E-state index in [9.17, 15) is 0 Å². The van der Waals surface area contributed by atoms with Crippen molar-refractivity contribution in [2.75, 3.05) is 7.11 Å².